The van der Waals surface area contributed by atoms with E-state index in [1.807, 2.05) is 18.2 Å². The molecule has 1 saturated heterocycles. The number of likely N-dealkylation sites (tertiary alicyclic amines) is 1. The molecule has 0 spiro atoms. The third-order valence-electron chi connectivity index (χ3n) is 5.07. The highest BCUT2D eigenvalue weighted by atomic mass is 16.1. The molecule has 134 valence electrons. The smallest absolute Gasteiger partial charge is 0.248 e. The first kappa shape index (κ1) is 17.7. The van der Waals surface area contributed by atoms with Crippen molar-refractivity contribution in [1.29, 1.82) is 0 Å². The van der Waals surface area contributed by atoms with Gasteiger partial charge in [0.15, 0.2) is 0 Å². The van der Waals surface area contributed by atoms with Gasteiger partial charge in [-0.2, -0.15) is 0 Å². The van der Waals surface area contributed by atoms with Crippen LogP contribution in [-0.4, -0.2) is 36.3 Å². The molecular formula is C20H27N3O2. The zero-order valence-electron chi connectivity index (χ0n) is 14.6. The van der Waals surface area contributed by atoms with Crippen molar-refractivity contribution in [3.8, 4) is 0 Å². The number of hydrogen-bond acceptors (Lipinski definition) is 3. The molecule has 3 N–H and O–H groups in total. The monoisotopic (exact) mass is 341 g/mol. The van der Waals surface area contributed by atoms with Crippen molar-refractivity contribution in [3.63, 3.8) is 0 Å². The zero-order valence-corrected chi connectivity index (χ0v) is 14.6. The van der Waals surface area contributed by atoms with E-state index in [0.717, 1.165) is 44.6 Å². The Morgan fingerprint density at radius 1 is 1.12 bits per heavy atom. The summed E-state index contributed by atoms with van der Waals surface area (Å²) in [6.07, 6.45) is 8.75. The van der Waals surface area contributed by atoms with Crippen LogP contribution in [0.2, 0.25) is 0 Å². The van der Waals surface area contributed by atoms with Crippen molar-refractivity contribution in [2.24, 2.45) is 17.6 Å². The first-order chi connectivity index (χ1) is 12.1. The van der Waals surface area contributed by atoms with Crippen LogP contribution in [0.25, 0.3) is 0 Å². The number of carbonyl (C=O) groups excluding carboxylic acids is 2. The predicted molar refractivity (Wildman–Crippen MR) is 99.0 cm³/mol. The molecule has 5 nitrogen and oxygen atoms in total. The number of carbonyl (C=O) groups is 2. The third-order valence-corrected chi connectivity index (χ3v) is 5.07. The highest BCUT2D eigenvalue weighted by Gasteiger charge is 2.22. The van der Waals surface area contributed by atoms with E-state index in [1.54, 1.807) is 6.08 Å². The molecule has 0 aromatic heterocycles. The summed E-state index contributed by atoms with van der Waals surface area (Å²) in [4.78, 5) is 25.4. The second kappa shape index (κ2) is 8.30. The largest absolute Gasteiger partial charge is 0.369 e. The Balaban J connectivity index is 1.40. The maximum absolute atomic E-state index is 11.8. The molecule has 0 atom stereocenters. The van der Waals surface area contributed by atoms with Crippen LogP contribution in [-0.2, 0) is 16.0 Å². The van der Waals surface area contributed by atoms with Gasteiger partial charge in [0.25, 0.3) is 0 Å². The van der Waals surface area contributed by atoms with Crippen LogP contribution >= 0.6 is 0 Å². The second-order valence-corrected chi connectivity index (χ2v) is 7.15. The number of amides is 2. The normalized spacial score (nSPS) is 19.2. The van der Waals surface area contributed by atoms with E-state index in [4.69, 9.17) is 5.73 Å². The first-order valence-electron chi connectivity index (χ1n) is 9.20. The van der Waals surface area contributed by atoms with Gasteiger partial charge in [-0.05, 0) is 74.9 Å². The summed E-state index contributed by atoms with van der Waals surface area (Å²) in [5.74, 6) is 0.440. The lowest BCUT2D eigenvalue weighted by atomic mass is 9.96. The molecule has 0 bridgehead atoms. The SMILES string of the molecule is NC(=O)C1CCN(CCc2ccc(NC(=O)C=CC3CC3)cc2)CC1. The van der Waals surface area contributed by atoms with Gasteiger partial charge < -0.3 is 16.0 Å². The summed E-state index contributed by atoms with van der Waals surface area (Å²) in [7, 11) is 0. The zero-order chi connectivity index (χ0) is 17.6. The molecular weight excluding hydrogens is 314 g/mol. The molecule has 1 heterocycles. The molecule has 3 rings (SSSR count). The van der Waals surface area contributed by atoms with Gasteiger partial charge in [0.05, 0.1) is 0 Å². The number of anilines is 1. The first-order valence-corrected chi connectivity index (χ1v) is 9.20. The second-order valence-electron chi connectivity index (χ2n) is 7.15. The Kier molecular flexibility index (Phi) is 5.87. The molecule has 0 unspecified atom stereocenters. The van der Waals surface area contributed by atoms with Gasteiger partial charge in [0.1, 0.15) is 0 Å². The van der Waals surface area contributed by atoms with Gasteiger partial charge in [0.2, 0.25) is 11.8 Å². The number of nitrogens with zero attached hydrogens (tertiary/aromatic N) is 1. The average Bonchev–Trinajstić information content (AvgIpc) is 3.44. The van der Waals surface area contributed by atoms with Crippen LogP contribution in [0.5, 0.6) is 0 Å². The standard InChI is InChI=1S/C20H27N3O2/c21-20(25)17-10-13-23(14-11-17)12-9-16-3-6-18(7-4-16)22-19(24)8-5-15-1-2-15/h3-8,15,17H,1-2,9-14H2,(H2,21,25)(H,22,24). The summed E-state index contributed by atoms with van der Waals surface area (Å²) < 4.78 is 0. The highest BCUT2D eigenvalue weighted by Crippen LogP contribution is 2.29. The Morgan fingerprint density at radius 2 is 1.80 bits per heavy atom. The molecule has 1 aliphatic carbocycles. The van der Waals surface area contributed by atoms with Gasteiger partial charge >= 0.3 is 0 Å². The number of piperidine rings is 1. The predicted octanol–water partition coefficient (Wildman–Crippen LogP) is 2.33. The lowest BCUT2D eigenvalue weighted by molar-refractivity contribution is -0.123. The van der Waals surface area contributed by atoms with Crippen molar-refractivity contribution < 1.29 is 9.59 Å². The van der Waals surface area contributed by atoms with Gasteiger partial charge in [-0.1, -0.05) is 18.2 Å². The van der Waals surface area contributed by atoms with Crippen molar-refractivity contribution in [2.75, 3.05) is 25.0 Å². The van der Waals surface area contributed by atoms with E-state index in [0.29, 0.717) is 5.92 Å². The summed E-state index contributed by atoms with van der Waals surface area (Å²) in [5, 5.41) is 2.89. The van der Waals surface area contributed by atoms with Crippen molar-refractivity contribution in [3.05, 3.63) is 42.0 Å². The molecule has 5 heteroatoms. The topological polar surface area (TPSA) is 75.4 Å². The fraction of sp³-hybridized carbons (Fsp3) is 0.500. The number of nitrogens with two attached hydrogens (primary N) is 1. The molecule has 1 aromatic rings. The molecule has 1 aromatic carbocycles. The van der Waals surface area contributed by atoms with Crippen molar-refractivity contribution in [2.45, 2.75) is 32.1 Å². The Labute approximate surface area is 149 Å². The average molecular weight is 341 g/mol. The number of nitrogens with one attached hydrogen (secondary N) is 1. The fourth-order valence-corrected chi connectivity index (χ4v) is 3.18. The van der Waals surface area contributed by atoms with Crippen LogP contribution < -0.4 is 11.1 Å². The summed E-state index contributed by atoms with van der Waals surface area (Å²) in [5.41, 5.74) is 7.45. The summed E-state index contributed by atoms with van der Waals surface area (Å²) >= 11 is 0. The number of benzene rings is 1. The molecule has 2 amide bonds. The summed E-state index contributed by atoms with van der Waals surface area (Å²) in [6, 6.07) is 8.04. The van der Waals surface area contributed by atoms with Crippen molar-refractivity contribution in [1.82, 2.24) is 4.90 Å². The van der Waals surface area contributed by atoms with Crippen LogP contribution in [0.15, 0.2) is 36.4 Å². The summed E-state index contributed by atoms with van der Waals surface area (Å²) in [6.45, 7) is 2.87. The molecule has 1 saturated carbocycles. The van der Waals surface area contributed by atoms with E-state index in [9.17, 15) is 9.59 Å². The molecule has 2 fully saturated rings. The Hall–Kier alpha value is -2.14. The fourth-order valence-electron chi connectivity index (χ4n) is 3.18. The van der Waals surface area contributed by atoms with Gasteiger partial charge in [-0.25, -0.2) is 0 Å². The number of hydrogen-bond donors (Lipinski definition) is 2. The lowest BCUT2D eigenvalue weighted by Crippen LogP contribution is -2.39. The van der Waals surface area contributed by atoms with E-state index >= 15 is 0 Å². The minimum absolute atomic E-state index is 0.0492. The van der Waals surface area contributed by atoms with Crippen LogP contribution in [0.1, 0.15) is 31.2 Å². The van der Waals surface area contributed by atoms with E-state index in [2.05, 4.69) is 22.3 Å². The quantitative estimate of drug-likeness (QED) is 0.748. The van der Waals surface area contributed by atoms with Crippen LogP contribution in [0.3, 0.4) is 0 Å². The van der Waals surface area contributed by atoms with E-state index in [-0.39, 0.29) is 17.7 Å². The number of allylic oxidation sites excluding steroid dienone is 1. The minimum Gasteiger partial charge on any atom is -0.369 e. The minimum atomic E-state index is -0.163. The molecule has 25 heavy (non-hydrogen) atoms. The van der Waals surface area contributed by atoms with Gasteiger partial charge in [0, 0.05) is 18.2 Å². The van der Waals surface area contributed by atoms with E-state index in [1.165, 1.54) is 18.4 Å². The lowest BCUT2D eigenvalue weighted by Gasteiger charge is -2.30. The third kappa shape index (κ3) is 5.71. The maximum atomic E-state index is 11.8. The van der Waals surface area contributed by atoms with Gasteiger partial charge in [-0.3, -0.25) is 9.59 Å². The Bertz CT molecular complexity index is 627. The van der Waals surface area contributed by atoms with Crippen LogP contribution in [0, 0.1) is 11.8 Å². The van der Waals surface area contributed by atoms with Gasteiger partial charge in [-0.15, -0.1) is 0 Å². The molecule has 2 aliphatic rings. The number of rotatable bonds is 7. The molecule has 0 radical (unpaired) electrons. The maximum Gasteiger partial charge on any atom is 0.248 e. The number of primary amides is 1. The van der Waals surface area contributed by atoms with Crippen molar-refractivity contribution >= 4 is 17.5 Å². The Morgan fingerprint density at radius 3 is 2.40 bits per heavy atom. The molecule has 1 aliphatic heterocycles. The van der Waals surface area contributed by atoms with E-state index < -0.39 is 0 Å². The van der Waals surface area contributed by atoms with Crippen LogP contribution in [0.4, 0.5) is 5.69 Å². The highest BCUT2D eigenvalue weighted by molar-refractivity contribution is 5.99.